The number of aliphatic hydroxyl groups is 1. The molecule has 0 saturated carbocycles. The third-order valence-electron chi connectivity index (χ3n) is 2.09. The van der Waals surface area contributed by atoms with E-state index >= 15 is 0 Å². The SMILES string of the molecule is CC(C)(CO)NCc1cc(Cl)cc(Cl)c1. The molecular weight excluding hydrogens is 233 g/mol. The molecule has 0 aliphatic rings. The van der Waals surface area contributed by atoms with E-state index in [4.69, 9.17) is 28.3 Å². The van der Waals surface area contributed by atoms with E-state index in [9.17, 15) is 0 Å². The Morgan fingerprint density at radius 1 is 1.20 bits per heavy atom. The normalized spacial score (nSPS) is 11.8. The molecule has 1 aromatic carbocycles. The summed E-state index contributed by atoms with van der Waals surface area (Å²) in [5, 5.41) is 13.5. The minimum Gasteiger partial charge on any atom is -0.394 e. The molecule has 0 spiro atoms. The van der Waals surface area contributed by atoms with Crippen LogP contribution in [0, 0.1) is 0 Å². The van der Waals surface area contributed by atoms with E-state index < -0.39 is 0 Å². The third kappa shape index (κ3) is 4.39. The smallest absolute Gasteiger partial charge is 0.0607 e. The van der Waals surface area contributed by atoms with Gasteiger partial charge in [-0.2, -0.15) is 0 Å². The van der Waals surface area contributed by atoms with Crippen LogP contribution in [0.2, 0.25) is 10.0 Å². The third-order valence-corrected chi connectivity index (χ3v) is 2.53. The van der Waals surface area contributed by atoms with Gasteiger partial charge in [-0.05, 0) is 37.6 Å². The molecule has 0 saturated heterocycles. The second-order valence-electron chi connectivity index (χ2n) is 4.17. The maximum Gasteiger partial charge on any atom is 0.0607 e. The summed E-state index contributed by atoms with van der Waals surface area (Å²) in [7, 11) is 0. The highest BCUT2D eigenvalue weighted by atomic mass is 35.5. The number of benzene rings is 1. The first-order valence-corrected chi connectivity index (χ1v) is 5.49. The Bertz CT molecular complexity index is 319. The number of aliphatic hydroxyl groups excluding tert-OH is 1. The van der Waals surface area contributed by atoms with Crippen LogP contribution in [0.5, 0.6) is 0 Å². The Morgan fingerprint density at radius 2 is 1.73 bits per heavy atom. The van der Waals surface area contributed by atoms with E-state index in [2.05, 4.69) is 5.32 Å². The molecule has 1 aromatic rings. The van der Waals surface area contributed by atoms with Crippen LogP contribution in [0.25, 0.3) is 0 Å². The molecule has 4 heteroatoms. The fourth-order valence-corrected chi connectivity index (χ4v) is 1.68. The van der Waals surface area contributed by atoms with Crippen LogP contribution in [-0.4, -0.2) is 17.3 Å². The molecule has 0 aromatic heterocycles. The number of hydrogen-bond acceptors (Lipinski definition) is 2. The first kappa shape index (κ1) is 12.8. The van der Waals surface area contributed by atoms with Crippen LogP contribution in [0.4, 0.5) is 0 Å². The van der Waals surface area contributed by atoms with Crippen molar-refractivity contribution >= 4 is 23.2 Å². The zero-order valence-electron chi connectivity index (χ0n) is 8.85. The molecule has 1 rings (SSSR count). The number of hydrogen-bond donors (Lipinski definition) is 2. The van der Waals surface area contributed by atoms with Crippen molar-refractivity contribution in [2.75, 3.05) is 6.61 Å². The molecule has 0 heterocycles. The molecular formula is C11H15Cl2NO. The van der Waals surface area contributed by atoms with Gasteiger partial charge in [0, 0.05) is 22.1 Å². The van der Waals surface area contributed by atoms with Gasteiger partial charge in [0.1, 0.15) is 0 Å². The zero-order chi connectivity index (χ0) is 11.5. The first-order valence-electron chi connectivity index (χ1n) is 4.74. The predicted molar refractivity (Wildman–Crippen MR) is 64.5 cm³/mol. The van der Waals surface area contributed by atoms with Crippen LogP contribution in [0.3, 0.4) is 0 Å². The van der Waals surface area contributed by atoms with Crippen LogP contribution in [0.15, 0.2) is 18.2 Å². The lowest BCUT2D eigenvalue weighted by Crippen LogP contribution is -2.42. The van der Waals surface area contributed by atoms with Gasteiger partial charge in [-0.15, -0.1) is 0 Å². The molecule has 0 fully saturated rings. The largest absolute Gasteiger partial charge is 0.394 e. The van der Waals surface area contributed by atoms with Crippen molar-refractivity contribution in [3.63, 3.8) is 0 Å². The highest BCUT2D eigenvalue weighted by molar-refractivity contribution is 6.34. The summed E-state index contributed by atoms with van der Waals surface area (Å²) in [6.45, 7) is 4.58. The summed E-state index contributed by atoms with van der Waals surface area (Å²) < 4.78 is 0. The number of nitrogens with one attached hydrogen (secondary N) is 1. The van der Waals surface area contributed by atoms with E-state index in [-0.39, 0.29) is 12.1 Å². The Hall–Kier alpha value is -0.280. The highest BCUT2D eigenvalue weighted by Crippen LogP contribution is 2.19. The average molecular weight is 248 g/mol. The molecule has 0 unspecified atom stereocenters. The van der Waals surface area contributed by atoms with E-state index in [1.807, 2.05) is 26.0 Å². The fourth-order valence-electron chi connectivity index (χ4n) is 1.11. The predicted octanol–water partition coefficient (Wildman–Crippen LogP) is 2.85. The molecule has 15 heavy (non-hydrogen) atoms. The molecule has 0 radical (unpaired) electrons. The minimum atomic E-state index is -0.297. The van der Waals surface area contributed by atoms with Gasteiger partial charge in [-0.3, -0.25) is 0 Å². The second-order valence-corrected chi connectivity index (χ2v) is 5.05. The molecule has 2 nitrogen and oxygen atoms in total. The van der Waals surface area contributed by atoms with Gasteiger partial charge < -0.3 is 10.4 Å². The summed E-state index contributed by atoms with van der Waals surface area (Å²) >= 11 is 11.7. The van der Waals surface area contributed by atoms with Crippen LogP contribution >= 0.6 is 23.2 Å². The van der Waals surface area contributed by atoms with Gasteiger partial charge in [0.2, 0.25) is 0 Å². The lowest BCUT2D eigenvalue weighted by Gasteiger charge is -2.23. The van der Waals surface area contributed by atoms with Crippen LogP contribution in [0.1, 0.15) is 19.4 Å². The summed E-state index contributed by atoms with van der Waals surface area (Å²) in [6.07, 6.45) is 0. The summed E-state index contributed by atoms with van der Waals surface area (Å²) in [5.74, 6) is 0. The van der Waals surface area contributed by atoms with Gasteiger partial charge >= 0.3 is 0 Å². The lowest BCUT2D eigenvalue weighted by atomic mass is 10.1. The second kappa shape index (κ2) is 5.17. The Labute approximate surface area is 100 Å². The van der Waals surface area contributed by atoms with Gasteiger partial charge in [-0.1, -0.05) is 23.2 Å². The summed E-state index contributed by atoms with van der Waals surface area (Å²) in [5.41, 5.74) is 0.712. The van der Waals surface area contributed by atoms with Gasteiger partial charge in [0.15, 0.2) is 0 Å². The van der Waals surface area contributed by atoms with Crippen LogP contribution < -0.4 is 5.32 Å². The van der Waals surface area contributed by atoms with E-state index in [1.165, 1.54) is 0 Å². The monoisotopic (exact) mass is 247 g/mol. The van der Waals surface area contributed by atoms with Crippen molar-refractivity contribution in [1.29, 1.82) is 0 Å². The Morgan fingerprint density at radius 3 is 2.20 bits per heavy atom. The van der Waals surface area contributed by atoms with Crippen LogP contribution in [-0.2, 0) is 6.54 Å². The number of rotatable bonds is 4. The molecule has 0 atom stereocenters. The Balaban J connectivity index is 2.65. The number of halogens is 2. The quantitative estimate of drug-likeness (QED) is 0.858. The van der Waals surface area contributed by atoms with Crippen molar-refractivity contribution in [3.8, 4) is 0 Å². The van der Waals surface area contributed by atoms with Crippen molar-refractivity contribution in [3.05, 3.63) is 33.8 Å². The van der Waals surface area contributed by atoms with Gasteiger partial charge in [0.25, 0.3) is 0 Å². The summed E-state index contributed by atoms with van der Waals surface area (Å²) in [6, 6.07) is 5.41. The highest BCUT2D eigenvalue weighted by Gasteiger charge is 2.14. The van der Waals surface area contributed by atoms with Crippen molar-refractivity contribution in [2.24, 2.45) is 0 Å². The lowest BCUT2D eigenvalue weighted by molar-refractivity contribution is 0.187. The molecule has 0 amide bonds. The van der Waals surface area contributed by atoms with Crippen molar-refractivity contribution in [1.82, 2.24) is 5.32 Å². The maximum atomic E-state index is 9.07. The van der Waals surface area contributed by atoms with Crippen molar-refractivity contribution < 1.29 is 5.11 Å². The minimum absolute atomic E-state index is 0.0846. The van der Waals surface area contributed by atoms with E-state index in [0.29, 0.717) is 16.6 Å². The zero-order valence-corrected chi connectivity index (χ0v) is 10.4. The van der Waals surface area contributed by atoms with E-state index in [0.717, 1.165) is 5.56 Å². The Kier molecular flexibility index (Phi) is 4.41. The van der Waals surface area contributed by atoms with Gasteiger partial charge in [0.05, 0.1) is 6.61 Å². The standard InChI is InChI=1S/C11H15Cl2NO/c1-11(2,7-15)14-6-8-3-9(12)5-10(13)4-8/h3-5,14-15H,6-7H2,1-2H3. The van der Waals surface area contributed by atoms with E-state index in [1.54, 1.807) is 6.07 Å². The topological polar surface area (TPSA) is 32.3 Å². The maximum absolute atomic E-state index is 9.07. The molecule has 0 aliphatic carbocycles. The molecule has 84 valence electrons. The average Bonchev–Trinajstić information content (AvgIpc) is 2.14. The van der Waals surface area contributed by atoms with Crippen molar-refractivity contribution in [2.45, 2.75) is 25.9 Å². The molecule has 0 aliphatic heterocycles. The molecule has 0 bridgehead atoms. The molecule has 2 N–H and O–H groups in total. The fraction of sp³-hybridized carbons (Fsp3) is 0.455. The first-order chi connectivity index (χ1) is 6.93. The van der Waals surface area contributed by atoms with Gasteiger partial charge in [-0.25, -0.2) is 0 Å². The summed E-state index contributed by atoms with van der Waals surface area (Å²) in [4.78, 5) is 0.